The molecule has 0 spiro atoms. The van der Waals surface area contributed by atoms with E-state index in [1.807, 2.05) is 43.3 Å². The Morgan fingerprint density at radius 3 is 2.50 bits per heavy atom. The number of nitrogens with one attached hydrogen (secondary N) is 1. The molecule has 0 aromatic heterocycles. The molecule has 0 saturated heterocycles. The summed E-state index contributed by atoms with van der Waals surface area (Å²) in [6, 6.07) is 11.5. The minimum atomic E-state index is -1.28. The molecule has 20 heavy (non-hydrogen) atoms. The Balaban J connectivity index is 2.28. The summed E-state index contributed by atoms with van der Waals surface area (Å²) in [7, 11) is 3.86. The lowest BCUT2D eigenvalue weighted by atomic mass is 10.2. The molecule has 5 heteroatoms. The van der Waals surface area contributed by atoms with E-state index in [1.165, 1.54) is 12.1 Å². The zero-order valence-electron chi connectivity index (χ0n) is 11.2. The summed E-state index contributed by atoms with van der Waals surface area (Å²) in [5.41, 5.74) is 1.99. The fourth-order valence-electron chi connectivity index (χ4n) is 1.80. The molecule has 0 radical (unpaired) electrons. The topological polar surface area (TPSA) is 52.6 Å². The van der Waals surface area contributed by atoms with E-state index in [9.17, 15) is 9.18 Å². The largest absolute Gasteiger partial charge is 0.478 e. The van der Waals surface area contributed by atoms with Gasteiger partial charge in [0.15, 0.2) is 0 Å². The van der Waals surface area contributed by atoms with Crippen LogP contribution in [-0.2, 0) is 0 Å². The minimum absolute atomic E-state index is 0.348. The van der Waals surface area contributed by atoms with Crippen LogP contribution in [-0.4, -0.2) is 25.2 Å². The average Bonchev–Trinajstić information content (AvgIpc) is 2.41. The van der Waals surface area contributed by atoms with Crippen LogP contribution in [0.3, 0.4) is 0 Å². The maximum absolute atomic E-state index is 13.3. The number of aromatic carboxylic acids is 1. The number of hydrogen-bond donors (Lipinski definition) is 2. The number of carboxylic acid groups (broad SMARTS) is 1. The molecule has 0 bridgehead atoms. The average molecular weight is 274 g/mol. The number of anilines is 3. The van der Waals surface area contributed by atoms with Gasteiger partial charge in [-0.25, -0.2) is 9.18 Å². The van der Waals surface area contributed by atoms with Gasteiger partial charge in [0.1, 0.15) is 5.82 Å². The second-order valence-corrected chi connectivity index (χ2v) is 4.57. The Morgan fingerprint density at radius 1 is 1.15 bits per heavy atom. The van der Waals surface area contributed by atoms with Crippen molar-refractivity contribution in [2.45, 2.75) is 0 Å². The molecule has 4 nitrogen and oxygen atoms in total. The highest BCUT2D eigenvalue weighted by Crippen LogP contribution is 2.23. The van der Waals surface area contributed by atoms with Crippen LogP contribution in [0, 0.1) is 5.82 Å². The van der Waals surface area contributed by atoms with E-state index in [0.717, 1.165) is 17.4 Å². The summed E-state index contributed by atoms with van der Waals surface area (Å²) in [6.07, 6.45) is 0. The van der Waals surface area contributed by atoms with E-state index < -0.39 is 11.8 Å². The van der Waals surface area contributed by atoms with Crippen molar-refractivity contribution in [3.05, 3.63) is 53.8 Å². The molecule has 104 valence electrons. The van der Waals surface area contributed by atoms with Crippen molar-refractivity contribution in [3.63, 3.8) is 0 Å². The van der Waals surface area contributed by atoms with Crippen LogP contribution < -0.4 is 10.2 Å². The Hall–Kier alpha value is -2.56. The van der Waals surface area contributed by atoms with Gasteiger partial charge in [0, 0.05) is 31.2 Å². The molecule has 0 unspecified atom stereocenters. The third-order valence-corrected chi connectivity index (χ3v) is 2.85. The summed E-state index contributed by atoms with van der Waals surface area (Å²) >= 11 is 0. The molecule has 2 aromatic rings. The molecule has 0 heterocycles. The van der Waals surface area contributed by atoms with Crippen molar-refractivity contribution in [1.29, 1.82) is 0 Å². The number of carboxylic acids is 1. The highest BCUT2D eigenvalue weighted by molar-refractivity contribution is 5.89. The second-order valence-electron chi connectivity index (χ2n) is 4.57. The van der Waals surface area contributed by atoms with Gasteiger partial charge in [-0.1, -0.05) is 6.07 Å². The molecular weight excluding hydrogens is 259 g/mol. The van der Waals surface area contributed by atoms with Gasteiger partial charge in [-0.15, -0.1) is 0 Å². The van der Waals surface area contributed by atoms with Gasteiger partial charge >= 0.3 is 5.97 Å². The lowest BCUT2D eigenvalue weighted by molar-refractivity contribution is 0.0692. The van der Waals surface area contributed by atoms with Gasteiger partial charge in [0.2, 0.25) is 0 Å². The van der Waals surface area contributed by atoms with Gasteiger partial charge in [-0.05, 0) is 36.4 Å². The number of rotatable bonds is 4. The first-order valence-corrected chi connectivity index (χ1v) is 6.04. The first-order valence-electron chi connectivity index (χ1n) is 6.04. The number of hydrogen-bond acceptors (Lipinski definition) is 3. The minimum Gasteiger partial charge on any atom is -0.478 e. The second kappa shape index (κ2) is 5.61. The third-order valence-electron chi connectivity index (χ3n) is 2.85. The summed E-state index contributed by atoms with van der Waals surface area (Å²) in [5, 5.41) is 12.0. The van der Waals surface area contributed by atoms with Crippen molar-refractivity contribution in [1.82, 2.24) is 0 Å². The molecular formula is C15H15FN2O2. The molecule has 0 fully saturated rings. The van der Waals surface area contributed by atoms with Crippen molar-refractivity contribution in [2.24, 2.45) is 0 Å². The standard InChI is InChI=1S/C15H15FN2O2/c1-18(2)12-5-3-4-10(8-12)17-11-6-7-14(16)13(9-11)15(19)20/h3-9,17H,1-2H3,(H,19,20). The predicted molar refractivity (Wildman–Crippen MR) is 77.4 cm³/mol. The van der Waals surface area contributed by atoms with Crippen LogP contribution in [0.15, 0.2) is 42.5 Å². The van der Waals surface area contributed by atoms with Gasteiger partial charge in [0.25, 0.3) is 0 Å². The van der Waals surface area contributed by atoms with Crippen LogP contribution in [0.4, 0.5) is 21.5 Å². The predicted octanol–water partition coefficient (Wildman–Crippen LogP) is 3.33. The van der Waals surface area contributed by atoms with Crippen molar-refractivity contribution < 1.29 is 14.3 Å². The fraction of sp³-hybridized carbons (Fsp3) is 0.133. The smallest absolute Gasteiger partial charge is 0.338 e. The molecule has 0 saturated carbocycles. The highest BCUT2D eigenvalue weighted by atomic mass is 19.1. The molecule has 0 aliphatic rings. The summed E-state index contributed by atoms with van der Waals surface area (Å²) in [4.78, 5) is 12.9. The highest BCUT2D eigenvalue weighted by Gasteiger charge is 2.10. The maximum Gasteiger partial charge on any atom is 0.338 e. The molecule has 0 aliphatic heterocycles. The van der Waals surface area contributed by atoms with Crippen molar-refractivity contribution in [2.75, 3.05) is 24.3 Å². The van der Waals surface area contributed by atoms with Gasteiger partial charge in [-0.3, -0.25) is 0 Å². The molecule has 0 amide bonds. The number of benzene rings is 2. The Bertz CT molecular complexity index is 642. The first-order chi connectivity index (χ1) is 9.47. The molecule has 2 aromatic carbocycles. The Labute approximate surface area is 116 Å². The van der Waals surface area contributed by atoms with Gasteiger partial charge < -0.3 is 15.3 Å². The molecule has 0 aliphatic carbocycles. The van der Waals surface area contributed by atoms with Crippen LogP contribution in [0.1, 0.15) is 10.4 Å². The molecule has 0 atom stereocenters. The zero-order valence-corrected chi connectivity index (χ0v) is 11.2. The third kappa shape index (κ3) is 3.06. The normalized spacial score (nSPS) is 10.2. The fourth-order valence-corrected chi connectivity index (χ4v) is 1.80. The van der Waals surface area contributed by atoms with Crippen LogP contribution in [0.5, 0.6) is 0 Å². The summed E-state index contributed by atoms with van der Waals surface area (Å²) in [5.74, 6) is -2.03. The quantitative estimate of drug-likeness (QED) is 0.898. The van der Waals surface area contributed by atoms with Crippen LogP contribution >= 0.6 is 0 Å². The molecule has 2 N–H and O–H groups in total. The van der Waals surface area contributed by atoms with Crippen LogP contribution in [0.2, 0.25) is 0 Å². The first kappa shape index (κ1) is 13.9. The molecule has 2 rings (SSSR count). The van der Waals surface area contributed by atoms with E-state index in [2.05, 4.69) is 5.32 Å². The van der Waals surface area contributed by atoms with E-state index in [1.54, 1.807) is 0 Å². The Morgan fingerprint density at radius 2 is 1.85 bits per heavy atom. The SMILES string of the molecule is CN(C)c1cccc(Nc2ccc(F)c(C(=O)O)c2)c1. The van der Waals surface area contributed by atoms with E-state index in [0.29, 0.717) is 5.69 Å². The van der Waals surface area contributed by atoms with Gasteiger partial charge in [0.05, 0.1) is 5.56 Å². The van der Waals surface area contributed by atoms with E-state index >= 15 is 0 Å². The monoisotopic (exact) mass is 274 g/mol. The summed E-state index contributed by atoms with van der Waals surface area (Å²) < 4.78 is 13.3. The van der Waals surface area contributed by atoms with E-state index in [4.69, 9.17) is 5.11 Å². The Kier molecular flexibility index (Phi) is 3.89. The lowest BCUT2D eigenvalue weighted by Crippen LogP contribution is -2.08. The van der Waals surface area contributed by atoms with Gasteiger partial charge in [-0.2, -0.15) is 0 Å². The zero-order chi connectivity index (χ0) is 14.7. The lowest BCUT2D eigenvalue weighted by Gasteiger charge is -2.14. The number of carbonyl (C=O) groups is 1. The van der Waals surface area contributed by atoms with E-state index in [-0.39, 0.29) is 5.56 Å². The van der Waals surface area contributed by atoms with Crippen molar-refractivity contribution in [3.8, 4) is 0 Å². The van der Waals surface area contributed by atoms with Crippen LogP contribution in [0.25, 0.3) is 0 Å². The van der Waals surface area contributed by atoms with Crippen molar-refractivity contribution >= 4 is 23.0 Å². The maximum atomic E-state index is 13.3. The number of nitrogens with zero attached hydrogens (tertiary/aromatic N) is 1. The summed E-state index contributed by atoms with van der Waals surface area (Å²) in [6.45, 7) is 0. The number of halogens is 1.